The van der Waals surface area contributed by atoms with Gasteiger partial charge < -0.3 is 10.2 Å². The van der Waals surface area contributed by atoms with Gasteiger partial charge >= 0.3 is 0 Å². The molecule has 1 aliphatic heterocycles. The van der Waals surface area contributed by atoms with Crippen LogP contribution in [-0.4, -0.2) is 19.0 Å². The molecule has 1 fully saturated rings. The number of anilines is 2. The first-order chi connectivity index (χ1) is 10.2. The molecule has 3 rings (SSSR count). The second kappa shape index (κ2) is 7.27. The Balaban J connectivity index is 0.00000176. The van der Waals surface area contributed by atoms with Crippen molar-refractivity contribution in [1.29, 1.82) is 0 Å². The van der Waals surface area contributed by atoms with Crippen LogP contribution in [0.3, 0.4) is 0 Å². The SMILES string of the molecule is Cl.O=C(Nc1ccc(N2CCCC2)cc1)c1cccc(F)c1. The van der Waals surface area contributed by atoms with E-state index in [0.29, 0.717) is 11.3 Å². The van der Waals surface area contributed by atoms with E-state index in [9.17, 15) is 9.18 Å². The van der Waals surface area contributed by atoms with Crippen LogP contribution in [0.25, 0.3) is 0 Å². The summed E-state index contributed by atoms with van der Waals surface area (Å²) in [6, 6.07) is 13.4. The van der Waals surface area contributed by atoms with E-state index in [1.165, 1.54) is 36.7 Å². The fraction of sp³-hybridized carbons (Fsp3) is 0.235. The minimum absolute atomic E-state index is 0. The predicted molar refractivity (Wildman–Crippen MR) is 89.5 cm³/mol. The minimum atomic E-state index is -0.410. The molecule has 0 saturated carbocycles. The Morgan fingerprint density at radius 3 is 2.36 bits per heavy atom. The van der Waals surface area contributed by atoms with Crippen molar-refractivity contribution in [2.75, 3.05) is 23.3 Å². The molecule has 1 heterocycles. The zero-order chi connectivity index (χ0) is 14.7. The monoisotopic (exact) mass is 320 g/mol. The third-order valence-corrected chi connectivity index (χ3v) is 3.68. The van der Waals surface area contributed by atoms with Crippen LogP contribution in [0.2, 0.25) is 0 Å². The summed E-state index contributed by atoms with van der Waals surface area (Å²) in [4.78, 5) is 14.4. The van der Waals surface area contributed by atoms with Gasteiger partial charge in [-0.3, -0.25) is 4.79 Å². The van der Waals surface area contributed by atoms with Crippen LogP contribution in [0.5, 0.6) is 0 Å². The van der Waals surface area contributed by atoms with Gasteiger partial charge in [0.1, 0.15) is 5.82 Å². The molecule has 2 aromatic rings. The van der Waals surface area contributed by atoms with E-state index in [1.54, 1.807) is 6.07 Å². The molecular formula is C17H18ClFN2O. The molecule has 0 atom stereocenters. The zero-order valence-corrected chi connectivity index (χ0v) is 12.9. The van der Waals surface area contributed by atoms with Gasteiger partial charge in [0.25, 0.3) is 5.91 Å². The lowest BCUT2D eigenvalue weighted by Crippen LogP contribution is -2.17. The summed E-state index contributed by atoms with van der Waals surface area (Å²) in [6.07, 6.45) is 2.47. The molecule has 1 amide bonds. The summed E-state index contributed by atoms with van der Waals surface area (Å²) in [5.41, 5.74) is 2.21. The Hall–Kier alpha value is -2.07. The molecule has 1 N–H and O–H groups in total. The lowest BCUT2D eigenvalue weighted by molar-refractivity contribution is 0.102. The van der Waals surface area contributed by atoms with Crippen molar-refractivity contribution in [3.8, 4) is 0 Å². The molecule has 5 heteroatoms. The minimum Gasteiger partial charge on any atom is -0.372 e. The Labute approximate surface area is 135 Å². The Morgan fingerprint density at radius 1 is 1.05 bits per heavy atom. The Bertz CT molecular complexity index is 639. The van der Waals surface area contributed by atoms with Gasteiger partial charge in [-0.25, -0.2) is 4.39 Å². The first-order valence-corrected chi connectivity index (χ1v) is 7.14. The lowest BCUT2D eigenvalue weighted by atomic mass is 10.2. The van der Waals surface area contributed by atoms with Gasteiger partial charge in [-0.1, -0.05) is 6.07 Å². The van der Waals surface area contributed by atoms with Crippen LogP contribution in [0.1, 0.15) is 23.2 Å². The largest absolute Gasteiger partial charge is 0.372 e. The maximum absolute atomic E-state index is 13.1. The van der Waals surface area contributed by atoms with E-state index in [2.05, 4.69) is 10.2 Å². The Morgan fingerprint density at radius 2 is 1.73 bits per heavy atom. The highest BCUT2D eigenvalue weighted by Gasteiger charge is 2.12. The van der Waals surface area contributed by atoms with Crippen LogP contribution in [-0.2, 0) is 0 Å². The van der Waals surface area contributed by atoms with Gasteiger partial charge in [0.15, 0.2) is 0 Å². The van der Waals surface area contributed by atoms with Crippen LogP contribution in [0, 0.1) is 5.82 Å². The molecule has 3 nitrogen and oxygen atoms in total. The van der Waals surface area contributed by atoms with E-state index in [0.717, 1.165) is 13.1 Å². The molecule has 0 radical (unpaired) electrons. The van der Waals surface area contributed by atoms with Gasteiger partial charge in [-0.05, 0) is 55.3 Å². The fourth-order valence-corrected chi connectivity index (χ4v) is 2.56. The molecule has 0 aromatic heterocycles. The fourth-order valence-electron chi connectivity index (χ4n) is 2.56. The quantitative estimate of drug-likeness (QED) is 0.923. The number of carbonyl (C=O) groups excluding carboxylic acids is 1. The van der Waals surface area contributed by atoms with Crippen molar-refractivity contribution in [2.45, 2.75) is 12.8 Å². The summed E-state index contributed by atoms with van der Waals surface area (Å²) in [5.74, 6) is -0.713. The highest BCUT2D eigenvalue weighted by atomic mass is 35.5. The molecule has 0 bridgehead atoms. The van der Waals surface area contributed by atoms with E-state index in [1.807, 2.05) is 24.3 Å². The predicted octanol–water partition coefficient (Wildman–Crippen LogP) is 4.10. The second-order valence-corrected chi connectivity index (χ2v) is 5.21. The molecule has 1 saturated heterocycles. The highest BCUT2D eigenvalue weighted by Crippen LogP contribution is 2.22. The number of rotatable bonds is 3. The van der Waals surface area contributed by atoms with Gasteiger partial charge in [-0.15, -0.1) is 12.4 Å². The van der Waals surface area contributed by atoms with Gasteiger partial charge in [0.05, 0.1) is 0 Å². The number of nitrogens with zero attached hydrogens (tertiary/aromatic N) is 1. The highest BCUT2D eigenvalue weighted by molar-refractivity contribution is 6.04. The molecular weight excluding hydrogens is 303 g/mol. The lowest BCUT2D eigenvalue weighted by Gasteiger charge is -2.17. The van der Waals surface area contributed by atoms with Crippen molar-refractivity contribution in [3.63, 3.8) is 0 Å². The van der Waals surface area contributed by atoms with Gasteiger partial charge in [0, 0.05) is 30.0 Å². The van der Waals surface area contributed by atoms with Crippen LogP contribution < -0.4 is 10.2 Å². The number of nitrogens with one attached hydrogen (secondary N) is 1. The molecule has 0 aliphatic carbocycles. The van der Waals surface area contributed by atoms with Crippen molar-refractivity contribution >= 4 is 29.7 Å². The van der Waals surface area contributed by atoms with E-state index in [4.69, 9.17) is 0 Å². The summed E-state index contributed by atoms with van der Waals surface area (Å²) in [5, 5.41) is 2.78. The summed E-state index contributed by atoms with van der Waals surface area (Å²) >= 11 is 0. The average Bonchev–Trinajstić information content (AvgIpc) is 3.02. The standard InChI is InChI=1S/C17H17FN2O.ClH/c18-14-5-3-4-13(12-14)17(21)19-15-6-8-16(9-7-15)20-10-1-2-11-20;/h3-9,12H,1-2,10-11H2,(H,19,21);1H. The molecule has 1 aliphatic rings. The van der Waals surface area contributed by atoms with Crippen molar-refractivity contribution in [3.05, 3.63) is 59.9 Å². The number of amides is 1. The van der Waals surface area contributed by atoms with Crippen LogP contribution >= 0.6 is 12.4 Å². The number of carbonyl (C=O) groups is 1. The molecule has 116 valence electrons. The number of hydrogen-bond donors (Lipinski definition) is 1. The van der Waals surface area contributed by atoms with Crippen molar-refractivity contribution < 1.29 is 9.18 Å². The molecule has 2 aromatic carbocycles. The van der Waals surface area contributed by atoms with Gasteiger partial charge in [-0.2, -0.15) is 0 Å². The maximum atomic E-state index is 13.1. The summed E-state index contributed by atoms with van der Waals surface area (Å²) in [6.45, 7) is 2.18. The molecule has 0 spiro atoms. The van der Waals surface area contributed by atoms with Crippen molar-refractivity contribution in [2.24, 2.45) is 0 Å². The van der Waals surface area contributed by atoms with E-state index < -0.39 is 5.82 Å². The van der Waals surface area contributed by atoms with E-state index >= 15 is 0 Å². The summed E-state index contributed by atoms with van der Waals surface area (Å²) in [7, 11) is 0. The summed E-state index contributed by atoms with van der Waals surface area (Å²) < 4.78 is 13.1. The van der Waals surface area contributed by atoms with Crippen LogP contribution in [0.15, 0.2) is 48.5 Å². The first kappa shape index (κ1) is 16.3. The van der Waals surface area contributed by atoms with E-state index in [-0.39, 0.29) is 18.3 Å². The number of hydrogen-bond acceptors (Lipinski definition) is 2. The zero-order valence-electron chi connectivity index (χ0n) is 12.1. The van der Waals surface area contributed by atoms with Crippen molar-refractivity contribution in [1.82, 2.24) is 0 Å². The smallest absolute Gasteiger partial charge is 0.255 e. The molecule has 22 heavy (non-hydrogen) atoms. The first-order valence-electron chi connectivity index (χ1n) is 7.14. The van der Waals surface area contributed by atoms with Gasteiger partial charge in [0.2, 0.25) is 0 Å². The third-order valence-electron chi connectivity index (χ3n) is 3.68. The van der Waals surface area contributed by atoms with Crippen LogP contribution in [0.4, 0.5) is 15.8 Å². The number of benzene rings is 2. The molecule has 0 unspecified atom stereocenters. The Kier molecular flexibility index (Phi) is 5.39. The second-order valence-electron chi connectivity index (χ2n) is 5.21. The average molecular weight is 321 g/mol. The third kappa shape index (κ3) is 3.77. The number of halogens is 2. The normalized spacial score (nSPS) is 13.6. The topological polar surface area (TPSA) is 32.3 Å². The maximum Gasteiger partial charge on any atom is 0.255 e.